The van der Waals surface area contributed by atoms with Crippen molar-refractivity contribution in [3.8, 4) is 0 Å². The first kappa shape index (κ1) is 11.6. The molecular formula is C11H16FN5O. The van der Waals surface area contributed by atoms with Crippen LogP contribution < -0.4 is 0 Å². The molecule has 98 valence electrons. The SMILES string of the molecule is O=C(N1CCCC1c1nn[nH]n1)C1(F)CCCC1. The first-order valence-corrected chi connectivity index (χ1v) is 6.44. The number of likely N-dealkylation sites (tertiary alicyclic amines) is 1. The zero-order chi connectivity index (χ0) is 12.6. The van der Waals surface area contributed by atoms with Gasteiger partial charge in [-0.15, -0.1) is 10.2 Å². The lowest BCUT2D eigenvalue weighted by Crippen LogP contribution is -2.44. The van der Waals surface area contributed by atoms with Crippen molar-refractivity contribution >= 4 is 5.91 Å². The van der Waals surface area contributed by atoms with Gasteiger partial charge in [0, 0.05) is 6.54 Å². The number of rotatable bonds is 2. The first-order valence-electron chi connectivity index (χ1n) is 6.44. The van der Waals surface area contributed by atoms with Gasteiger partial charge in [-0.2, -0.15) is 5.21 Å². The van der Waals surface area contributed by atoms with Gasteiger partial charge in [0.05, 0.1) is 6.04 Å². The number of nitrogens with one attached hydrogen (secondary N) is 1. The number of carbonyl (C=O) groups is 1. The summed E-state index contributed by atoms with van der Waals surface area (Å²) in [4.78, 5) is 13.9. The Morgan fingerprint density at radius 1 is 1.39 bits per heavy atom. The summed E-state index contributed by atoms with van der Waals surface area (Å²) in [7, 11) is 0. The maximum Gasteiger partial charge on any atom is 0.260 e. The number of aromatic amines is 1. The van der Waals surface area contributed by atoms with Crippen molar-refractivity contribution in [2.24, 2.45) is 0 Å². The van der Waals surface area contributed by atoms with Crippen LogP contribution in [0.2, 0.25) is 0 Å². The number of alkyl halides is 1. The molecule has 1 aliphatic heterocycles. The monoisotopic (exact) mass is 253 g/mol. The van der Waals surface area contributed by atoms with Gasteiger partial charge in [0.1, 0.15) is 0 Å². The molecule has 1 amide bonds. The molecule has 1 N–H and O–H groups in total. The minimum absolute atomic E-state index is 0.218. The third-order valence-electron chi connectivity index (χ3n) is 3.95. The summed E-state index contributed by atoms with van der Waals surface area (Å²) in [5, 5.41) is 13.7. The fraction of sp³-hybridized carbons (Fsp3) is 0.818. The fourth-order valence-corrected chi connectivity index (χ4v) is 3.00. The predicted molar refractivity (Wildman–Crippen MR) is 60.2 cm³/mol. The van der Waals surface area contributed by atoms with Gasteiger partial charge in [0.15, 0.2) is 11.5 Å². The lowest BCUT2D eigenvalue weighted by Gasteiger charge is -2.28. The van der Waals surface area contributed by atoms with Crippen LogP contribution in [-0.2, 0) is 4.79 Å². The van der Waals surface area contributed by atoms with Crippen LogP contribution in [0.25, 0.3) is 0 Å². The van der Waals surface area contributed by atoms with E-state index in [0.717, 1.165) is 25.7 Å². The number of hydrogen-bond donors (Lipinski definition) is 1. The van der Waals surface area contributed by atoms with E-state index in [2.05, 4.69) is 20.6 Å². The van der Waals surface area contributed by atoms with Crippen LogP contribution >= 0.6 is 0 Å². The van der Waals surface area contributed by atoms with E-state index in [9.17, 15) is 9.18 Å². The van der Waals surface area contributed by atoms with Crippen molar-refractivity contribution in [3.05, 3.63) is 5.82 Å². The van der Waals surface area contributed by atoms with Crippen molar-refractivity contribution in [3.63, 3.8) is 0 Å². The number of nitrogens with zero attached hydrogens (tertiary/aromatic N) is 4. The lowest BCUT2D eigenvalue weighted by atomic mass is 10.0. The van der Waals surface area contributed by atoms with Gasteiger partial charge in [0.25, 0.3) is 5.91 Å². The summed E-state index contributed by atoms with van der Waals surface area (Å²) < 4.78 is 14.5. The second-order valence-corrected chi connectivity index (χ2v) is 5.10. The van der Waals surface area contributed by atoms with Crippen molar-refractivity contribution < 1.29 is 9.18 Å². The molecule has 1 aliphatic carbocycles. The van der Waals surface area contributed by atoms with Crippen LogP contribution in [0.1, 0.15) is 50.4 Å². The van der Waals surface area contributed by atoms with E-state index >= 15 is 0 Å². The molecule has 18 heavy (non-hydrogen) atoms. The highest BCUT2D eigenvalue weighted by Gasteiger charge is 2.47. The van der Waals surface area contributed by atoms with Gasteiger partial charge >= 0.3 is 0 Å². The van der Waals surface area contributed by atoms with Crippen LogP contribution in [-0.4, -0.2) is 43.6 Å². The standard InChI is InChI=1S/C11H16FN5O/c12-11(5-1-2-6-11)10(18)17-7-3-4-8(17)9-13-15-16-14-9/h8H,1-7H2,(H,13,14,15,16). The summed E-state index contributed by atoms with van der Waals surface area (Å²) in [6, 6.07) is -0.218. The maximum absolute atomic E-state index is 14.5. The van der Waals surface area contributed by atoms with E-state index in [-0.39, 0.29) is 11.9 Å². The molecule has 2 aliphatic rings. The summed E-state index contributed by atoms with van der Waals surface area (Å²) >= 11 is 0. The Morgan fingerprint density at radius 3 is 2.83 bits per heavy atom. The van der Waals surface area contributed by atoms with Crippen LogP contribution in [0, 0.1) is 0 Å². The van der Waals surface area contributed by atoms with Gasteiger partial charge in [-0.25, -0.2) is 4.39 Å². The first-order chi connectivity index (χ1) is 8.71. The molecule has 6 nitrogen and oxygen atoms in total. The highest BCUT2D eigenvalue weighted by Crippen LogP contribution is 2.39. The molecule has 0 radical (unpaired) electrons. The normalized spacial score (nSPS) is 26.7. The minimum atomic E-state index is -1.66. The fourth-order valence-electron chi connectivity index (χ4n) is 3.00. The van der Waals surface area contributed by atoms with E-state index < -0.39 is 5.67 Å². The molecule has 1 saturated heterocycles. The van der Waals surface area contributed by atoms with Crippen molar-refractivity contribution in [1.29, 1.82) is 0 Å². The predicted octanol–water partition coefficient (Wildman–Crippen LogP) is 1.15. The van der Waals surface area contributed by atoms with E-state index in [1.54, 1.807) is 4.90 Å². The summed E-state index contributed by atoms with van der Waals surface area (Å²) in [6.45, 7) is 0.587. The van der Waals surface area contributed by atoms with Crippen molar-refractivity contribution in [2.75, 3.05) is 6.54 Å². The van der Waals surface area contributed by atoms with E-state index in [0.29, 0.717) is 25.2 Å². The highest BCUT2D eigenvalue weighted by molar-refractivity contribution is 5.86. The molecule has 7 heteroatoms. The number of carbonyl (C=O) groups excluding carboxylic acids is 1. The second kappa shape index (κ2) is 4.29. The number of tetrazole rings is 1. The molecule has 1 atom stereocenters. The van der Waals surface area contributed by atoms with Gasteiger partial charge in [-0.3, -0.25) is 4.79 Å². The Kier molecular flexibility index (Phi) is 2.76. The van der Waals surface area contributed by atoms with Gasteiger partial charge in [0.2, 0.25) is 0 Å². The maximum atomic E-state index is 14.5. The van der Waals surface area contributed by atoms with Gasteiger partial charge < -0.3 is 4.90 Å². The minimum Gasteiger partial charge on any atom is -0.330 e. The summed E-state index contributed by atoms with van der Waals surface area (Å²) in [6.07, 6.45) is 3.93. The molecular weight excluding hydrogens is 237 g/mol. The Balaban J connectivity index is 1.80. The molecule has 2 fully saturated rings. The molecule has 3 rings (SSSR count). The third kappa shape index (κ3) is 1.77. The average molecular weight is 253 g/mol. The molecule has 2 heterocycles. The third-order valence-corrected chi connectivity index (χ3v) is 3.95. The molecule has 1 saturated carbocycles. The highest BCUT2D eigenvalue weighted by atomic mass is 19.1. The van der Waals surface area contributed by atoms with Crippen molar-refractivity contribution in [1.82, 2.24) is 25.5 Å². The average Bonchev–Trinajstić information content (AvgIpc) is 3.09. The largest absolute Gasteiger partial charge is 0.330 e. The topological polar surface area (TPSA) is 74.8 Å². The Bertz CT molecular complexity index is 429. The smallest absolute Gasteiger partial charge is 0.260 e. The number of H-pyrrole nitrogens is 1. The lowest BCUT2D eigenvalue weighted by molar-refractivity contribution is -0.144. The number of halogens is 1. The number of aromatic nitrogens is 4. The molecule has 1 aromatic heterocycles. The second-order valence-electron chi connectivity index (χ2n) is 5.10. The zero-order valence-corrected chi connectivity index (χ0v) is 10.1. The molecule has 0 aromatic carbocycles. The van der Waals surface area contributed by atoms with Gasteiger partial charge in [-0.1, -0.05) is 5.21 Å². The zero-order valence-electron chi connectivity index (χ0n) is 10.1. The van der Waals surface area contributed by atoms with E-state index in [1.807, 2.05) is 0 Å². The van der Waals surface area contributed by atoms with Crippen LogP contribution in [0.5, 0.6) is 0 Å². The molecule has 0 spiro atoms. The quantitative estimate of drug-likeness (QED) is 0.857. The van der Waals surface area contributed by atoms with Crippen LogP contribution in [0.15, 0.2) is 0 Å². The Morgan fingerprint density at radius 2 is 2.17 bits per heavy atom. The van der Waals surface area contributed by atoms with Crippen LogP contribution in [0.4, 0.5) is 4.39 Å². The van der Waals surface area contributed by atoms with Crippen LogP contribution in [0.3, 0.4) is 0 Å². The Labute approximate surface area is 104 Å². The van der Waals surface area contributed by atoms with Gasteiger partial charge in [-0.05, 0) is 38.5 Å². The summed E-state index contributed by atoms with van der Waals surface area (Å²) in [5.74, 6) is 0.106. The number of hydrogen-bond acceptors (Lipinski definition) is 4. The summed E-state index contributed by atoms with van der Waals surface area (Å²) in [5.41, 5.74) is -1.66. The van der Waals surface area contributed by atoms with Crippen molar-refractivity contribution in [2.45, 2.75) is 50.2 Å². The molecule has 1 unspecified atom stereocenters. The Hall–Kier alpha value is -1.53. The molecule has 0 bridgehead atoms. The molecule has 1 aromatic rings. The number of amides is 1. The van der Waals surface area contributed by atoms with E-state index in [4.69, 9.17) is 0 Å². The van der Waals surface area contributed by atoms with E-state index in [1.165, 1.54) is 0 Å².